The summed E-state index contributed by atoms with van der Waals surface area (Å²) in [6, 6.07) is 24.2. The first-order valence-electron chi connectivity index (χ1n) is 7.81. The molecule has 0 fully saturated rings. The number of hydrogen-bond acceptors (Lipinski definition) is 3. The predicted octanol–water partition coefficient (Wildman–Crippen LogP) is 5.21. The number of thiocarbonyl (C=S) groups is 1. The summed E-state index contributed by atoms with van der Waals surface area (Å²) in [4.78, 5) is 12.3. The van der Waals surface area contributed by atoms with Gasteiger partial charge in [0.2, 0.25) is 0 Å². The van der Waals surface area contributed by atoms with E-state index in [0.29, 0.717) is 5.56 Å². The van der Waals surface area contributed by atoms with Crippen molar-refractivity contribution < 1.29 is 9.53 Å². The number of rotatable bonds is 4. The van der Waals surface area contributed by atoms with Gasteiger partial charge >= 0.3 is 0 Å². The molecule has 2 N–H and O–H groups in total. The summed E-state index contributed by atoms with van der Waals surface area (Å²) in [5, 5.41) is 5.92. The van der Waals surface area contributed by atoms with E-state index in [1.807, 2.05) is 72.8 Å². The monoisotopic (exact) mass is 474 g/mol. The largest absolute Gasteiger partial charge is 0.457 e. The number of carbonyl (C=O) groups is 1. The molecule has 26 heavy (non-hydrogen) atoms. The van der Waals surface area contributed by atoms with Gasteiger partial charge in [0, 0.05) is 9.26 Å². The van der Waals surface area contributed by atoms with Gasteiger partial charge in [-0.3, -0.25) is 10.1 Å². The second-order valence-electron chi connectivity index (χ2n) is 5.33. The van der Waals surface area contributed by atoms with Gasteiger partial charge in [-0.15, -0.1) is 0 Å². The van der Waals surface area contributed by atoms with Crippen molar-refractivity contribution in [1.82, 2.24) is 5.32 Å². The minimum atomic E-state index is -0.239. The third-order valence-corrected chi connectivity index (χ3v) is 4.58. The van der Waals surface area contributed by atoms with Crippen molar-refractivity contribution in [2.75, 3.05) is 5.32 Å². The van der Waals surface area contributed by atoms with E-state index in [2.05, 4.69) is 33.2 Å². The third kappa shape index (κ3) is 5.03. The molecule has 0 atom stereocenters. The molecule has 3 aromatic carbocycles. The van der Waals surface area contributed by atoms with E-state index < -0.39 is 0 Å². The number of carbonyl (C=O) groups excluding carboxylic acids is 1. The van der Waals surface area contributed by atoms with Gasteiger partial charge in [0.05, 0.1) is 5.56 Å². The van der Waals surface area contributed by atoms with Crippen LogP contribution in [-0.4, -0.2) is 11.0 Å². The minimum Gasteiger partial charge on any atom is -0.457 e. The maximum absolute atomic E-state index is 12.3. The van der Waals surface area contributed by atoms with Gasteiger partial charge in [0.1, 0.15) is 11.5 Å². The fourth-order valence-corrected chi connectivity index (χ4v) is 3.05. The number of anilines is 1. The average Bonchev–Trinajstić information content (AvgIpc) is 2.64. The first-order valence-corrected chi connectivity index (χ1v) is 9.30. The third-order valence-electron chi connectivity index (χ3n) is 3.44. The van der Waals surface area contributed by atoms with E-state index in [1.54, 1.807) is 6.07 Å². The lowest BCUT2D eigenvalue weighted by molar-refractivity contribution is 0.0977. The van der Waals surface area contributed by atoms with Crippen LogP contribution in [0.3, 0.4) is 0 Å². The first-order chi connectivity index (χ1) is 12.6. The Kier molecular flexibility index (Phi) is 6.19. The van der Waals surface area contributed by atoms with Crippen LogP contribution in [0.2, 0.25) is 0 Å². The molecule has 0 aliphatic heterocycles. The van der Waals surface area contributed by atoms with Crippen molar-refractivity contribution in [3.63, 3.8) is 0 Å². The summed E-state index contributed by atoms with van der Waals surface area (Å²) in [6.45, 7) is 0. The maximum atomic E-state index is 12.3. The molecule has 0 saturated heterocycles. The van der Waals surface area contributed by atoms with Gasteiger partial charge in [0.15, 0.2) is 5.11 Å². The fraction of sp³-hybridized carbons (Fsp3) is 0. The number of ether oxygens (including phenoxy) is 1. The molecule has 6 heteroatoms. The van der Waals surface area contributed by atoms with E-state index in [1.165, 1.54) is 0 Å². The first kappa shape index (κ1) is 18.3. The van der Waals surface area contributed by atoms with Crippen molar-refractivity contribution in [2.24, 2.45) is 0 Å². The lowest BCUT2D eigenvalue weighted by Crippen LogP contribution is -2.34. The highest BCUT2D eigenvalue weighted by atomic mass is 127. The molecular formula is C20H15IN2O2S. The Labute approximate surface area is 170 Å². The Hall–Kier alpha value is -2.45. The second-order valence-corrected chi connectivity index (χ2v) is 6.90. The van der Waals surface area contributed by atoms with E-state index in [0.717, 1.165) is 20.8 Å². The number of hydrogen-bond donors (Lipinski definition) is 2. The lowest BCUT2D eigenvalue weighted by atomic mass is 10.2. The van der Waals surface area contributed by atoms with Crippen LogP contribution in [-0.2, 0) is 0 Å². The Bertz CT molecular complexity index is 915. The zero-order valence-electron chi connectivity index (χ0n) is 13.6. The molecule has 3 rings (SSSR count). The van der Waals surface area contributed by atoms with E-state index >= 15 is 0 Å². The topological polar surface area (TPSA) is 50.4 Å². The smallest absolute Gasteiger partial charge is 0.258 e. The average molecular weight is 474 g/mol. The van der Waals surface area contributed by atoms with Crippen molar-refractivity contribution in [3.8, 4) is 11.5 Å². The molecule has 1 amide bonds. The van der Waals surface area contributed by atoms with Crippen molar-refractivity contribution in [2.45, 2.75) is 0 Å². The Morgan fingerprint density at radius 1 is 0.846 bits per heavy atom. The second kappa shape index (κ2) is 8.77. The van der Waals surface area contributed by atoms with Gasteiger partial charge in [-0.2, -0.15) is 0 Å². The number of para-hydroxylation sites is 1. The Morgan fingerprint density at radius 2 is 1.46 bits per heavy atom. The van der Waals surface area contributed by atoms with Gasteiger partial charge < -0.3 is 10.1 Å². The molecular weight excluding hydrogens is 459 g/mol. The van der Waals surface area contributed by atoms with Crippen LogP contribution in [0.1, 0.15) is 10.4 Å². The van der Waals surface area contributed by atoms with Crippen LogP contribution in [0.5, 0.6) is 11.5 Å². The molecule has 0 saturated carbocycles. The summed E-state index contributed by atoms with van der Waals surface area (Å²) in [5.41, 5.74) is 1.35. The summed E-state index contributed by atoms with van der Waals surface area (Å²) >= 11 is 7.34. The van der Waals surface area contributed by atoms with E-state index in [-0.39, 0.29) is 11.0 Å². The summed E-state index contributed by atoms with van der Waals surface area (Å²) in [6.07, 6.45) is 0. The van der Waals surface area contributed by atoms with Crippen LogP contribution >= 0.6 is 34.8 Å². The minimum absolute atomic E-state index is 0.239. The molecule has 0 aromatic heterocycles. The lowest BCUT2D eigenvalue weighted by Gasteiger charge is -2.11. The highest BCUT2D eigenvalue weighted by Crippen LogP contribution is 2.22. The van der Waals surface area contributed by atoms with Crippen LogP contribution in [0.15, 0.2) is 78.9 Å². The van der Waals surface area contributed by atoms with Crippen molar-refractivity contribution >= 4 is 51.5 Å². The molecule has 0 aliphatic carbocycles. The maximum Gasteiger partial charge on any atom is 0.258 e. The van der Waals surface area contributed by atoms with E-state index in [9.17, 15) is 4.79 Å². The summed E-state index contributed by atoms with van der Waals surface area (Å²) in [7, 11) is 0. The van der Waals surface area contributed by atoms with Gasteiger partial charge in [-0.05, 0) is 83.3 Å². The number of benzene rings is 3. The zero-order valence-corrected chi connectivity index (χ0v) is 16.6. The number of amides is 1. The molecule has 130 valence electrons. The summed E-state index contributed by atoms with van der Waals surface area (Å²) < 4.78 is 6.61. The zero-order chi connectivity index (χ0) is 18.4. The van der Waals surface area contributed by atoms with Crippen LogP contribution in [0.25, 0.3) is 0 Å². The fourth-order valence-electron chi connectivity index (χ4n) is 2.21. The quantitative estimate of drug-likeness (QED) is 0.403. The molecule has 0 bridgehead atoms. The molecule has 0 heterocycles. The normalized spacial score (nSPS) is 10.0. The van der Waals surface area contributed by atoms with Crippen LogP contribution in [0, 0.1) is 3.57 Å². The summed E-state index contributed by atoms with van der Waals surface area (Å²) in [5.74, 6) is 1.25. The number of halogens is 1. The molecule has 0 spiro atoms. The van der Waals surface area contributed by atoms with Crippen molar-refractivity contribution in [1.29, 1.82) is 0 Å². The standard InChI is InChI=1S/C20H15IN2O2S/c21-18-9-5-4-8-17(18)19(24)23-20(26)22-14-10-12-16(13-11-14)25-15-6-2-1-3-7-15/h1-13H,(H2,22,23,24,26). The Balaban J connectivity index is 1.58. The highest BCUT2D eigenvalue weighted by Gasteiger charge is 2.10. The van der Waals surface area contributed by atoms with E-state index in [4.69, 9.17) is 17.0 Å². The van der Waals surface area contributed by atoms with Gasteiger partial charge in [-0.25, -0.2) is 0 Å². The van der Waals surface area contributed by atoms with Gasteiger partial charge in [-0.1, -0.05) is 30.3 Å². The number of nitrogens with one attached hydrogen (secondary N) is 2. The highest BCUT2D eigenvalue weighted by molar-refractivity contribution is 14.1. The molecule has 0 radical (unpaired) electrons. The molecule has 0 aliphatic rings. The van der Waals surface area contributed by atoms with Crippen LogP contribution < -0.4 is 15.4 Å². The van der Waals surface area contributed by atoms with Crippen molar-refractivity contribution in [3.05, 3.63) is 88.0 Å². The van der Waals surface area contributed by atoms with Gasteiger partial charge in [0.25, 0.3) is 5.91 Å². The predicted molar refractivity (Wildman–Crippen MR) is 116 cm³/mol. The molecule has 3 aromatic rings. The molecule has 4 nitrogen and oxygen atoms in total. The SMILES string of the molecule is O=C(NC(=S)Nc1ccc(Oc2ccccc2)cc1)c1ccccc1I. The molecule has 0 unspecified atom stereocenters. The Morgan fingerprint density at radius 3 is 2.15 bits per heavy atom. The van der Waals surface area contributed by atoms with Crippen LogP contribution in [0.4, 0.5) is 5.69 Å².